The van der Waals surface area contributed by atoms with E-state index in [1.807, 2.05) is 6.07 Å². The Morgan fingerprint density at radius 1 is 1.40 bits per heavy atom. The van der Waals surface area contributed by atoms with Crippen molar-refractivity contribution in [3.63, 3.8) is 0 Å². The van der Waals surface area contributed by atoms with Crippen molar-refractivity contribution in [3.05, 3.63) is 29.6 Å². The molecule has 0 radical (unpaired) electrons. The Labute approximate surface area is 95.5 Å². The number of hydrogen-bond acceptors (Lipinski definition) is 2. The molecular weight excluding hydrogens is 210 g/mol. The third-order valence-corrected chi connectivity index (χ3v) is 2.30. The highest BCUT2D eigenvalue weighted by Crippen LogP contribution is 2.13. The monoisotopic (exact) mass is 225 g/mol. The molecule has 0 amide bonds. The van der Waals surface area contributed by atoms with Gasteiger partial charge in [-0.25, -0.2) is 4.98 Å². The predicted octanol–water partition coefficient (Wildman–Crippen LogP) is 2.18. The van der Waals surface area contributed by atoms with Crippen molar-refractivity contribution in [2.24, 2.45) is 5.73 Å². The lowest BCUT2D eigenvalue weighted by molar-refractivity contribution is 0.796. The van der Waals surface area contributed by atoms with Gasteiger partial charge < -0.3 is 10.7 Å². The fourth-order valence-corrected chi connectivity index (χ4v) is 1.56. The Morgan fingerprint density at radius 3 is 2.93 bits per heavy atom. The lowest BCUT2D eigenvalue weighted by Gasteiger charge is -1.91. The topological polar surface area (TPSA) is 54.7 Å². The maximum atomic E-state index is 5.45. The summed E-state index contributed by atoms with van der Waals surface area (Å²) in [6.07, 6.45) is 1.92. The summed E-state index contributed by atoms with van der Waals surface area (Å²) >= 11 is 0. The number of aryl methyl sites for hydroxylation is 2. The molecule has 2 rings (SSSR count). The molecule has 2 aromatic rings. The van der Waals surface area contributed by atoms with E-state index >= 15 is 0 Å². The van der Waals surface area contributed by atoms with Crippen molar-refractivity contribution in [1.29, 1.82) is 0 Å². The van der Waals surface area contributed by atoms with Gasteiger partial charge in [0.2, 0.25) is 0 Å². The van der Waals surface area contributed by atoms with Gasteiger partial charge in [0.05, 0.1) is 11.0 Å². The van der Waals surface area contributed by atoms with Crippen LogP contribution in [0, 0.1) is 6.92 Å². The predicted molar refractivity (Wildman–Crippen MR) is 65.5 cm³/mol. The zero-order valence-corrected chi connectivity index (χ0v) is 9.60. The van der Waals surface area contributed by atoms with Crippen LogP contribution in [0.4, 0.5) is 0 Å². The van der Waals surface area contributed by atoms with E-state index in [0.717, 1.165) is 36.2 Å². The summed E-state index contributed by atoms with van der Waals surface area (Å²) < 4.78 is 0. The lowest BCUT2D eigenvalue weighted by Crippen LogP contribution is -2.01. The number of halogens is 1. The zero-order chi connectivity index (χ0) is 9.97. The normalized spacial score (nSPS) is 10.3. The summed E-state index contributed by atoms with van der Waals surface area (Å²) in [7, 11) is 0. The molecule has 0 fully saturated rings. The van der Waals surface area contributed by atoms with E-state index in [1.165, 1.54) is 5.56 Å². The second-order valence-electron chi connectivity index (χ2n) is 3.60. The number of aromatic nitrogens is 2. The Morgan fingerprint density at radius 2 is 2.20 bits per heavy atom. The van der Waals surface area contributed by atoms with Crippen molar-refractivity contribution in [2.45, 2.75) is 19.8 Å². The first-order chi connectivity index (χ1) is 6.79. The standard InChI is InChI=1S/C11H15N3.ClH/c1-8-4-5-9-10(7-8)14-11(13-9)3-2-6-12;/h4-5,7H,2-3,6,12H2,1H3,(H,13,14);1H. The molecule has 0 saturated carbocycles. The first-order valence-corrected chi connectivity index (χ1v) is 4.95. The molecule has 82 valence electrons. The van der Waals surface area contributed by atoms with Gasteiger partial charge in [0.15, 0.2) is 0 Å². The third-order valence-electron chi connectivity index (χ3n) is 2.30. The highest BCUT2D eigenvalue weighted by atomic mass is 35.5. The van der Waals surface area contributed by atoms with Crippen LogP contribution in [0.5, 0.6) is 0 Å². The molecule has 1 aromatic heterocycles. The average Bonchev–Trinajstić information content (AvgIpc) is 2.56. The maximum Gasteiger partial charge on any atom is 0.107 e. The van der Waals surface area contributed by atoms with Gasteiger partial charge in [-0.1, -0.05) is 6.07 Å². The van der Waals surface area contributed by atoms with Gasteiger partial charge in [0.25, 0.3) is 0 Å². The maximum absolute atomic E-state index is 5.45. The number of benzene rings is 1. The number of nitrogens with zero attached hydrogens (tertiary/aromatic N) is 1. The van der Waals surface area contributed by atoms with Gasteiger partial charge >= 0.3 is 0 Å². The summed E-state index contributed by atoms with van der Waals surface area (Å²) in [4.78, 5) is 7.78. The summed E-state index contributed by atoms with van der Waals surface area (Å²) in [6, 6.07) is 6.25. The Kier molecular flexibility index (Phi) is 4.12. The molecule has 15 heavy (non-hydrogen) atoms. The minimum Gasteiger partial charge on any atom is -0.342 e. The number of H-pyrrole nitrogens is 1. The van der Waals surface area contributed by atoms with Crippen molar-refractivity contribution in [1.82, 2.24) is 9.97 Å². The number of nitrogens with two attached hydrogens (primary N) is 1. The minimum absolute atomic E-state index is 0. The average molecular weight is 226 g/mol. The van der Waals surface area contributed by atoms with E-state index in [0.29, 0.717) is 0 Å². The van der Waals surface area contributed by atoms with Crippen LogP contribution >= 0.6 is 12.4 Å². The fourth-order valence-electron chi connectivity index (χ4n) is 1.56. The molecule has 3 nitrogen and oxygen atoms in total. The fraction of sp³-hybridized carbons (Fsp3) is 0.364. The van der Waals surface area contributed by atoms with E-state index in [-0.39, 0.29) is 12.4 Å². The number of fused-ring (bicyclic) bond motifs is 1. The molecule has 1 heterocycles. The van der Waals surface area contributed by atoms with Gasteiger partial charge in [0.1, 0.15) is 5.82 Å². The summed E-state index contributed by atoms with van der Waals surface area (Å²) in [5.74, 6) is 1.04. The van der Waals surface area contributed by atoms with Crippen molar-refractivity contribution in [3.8, 4) is 0 Å². The van der Waals surface area contributed by atoms with Crippen LogP contribution in [0.25, 0.3) is 11.0 Å². The Hall–Kier alpha value is -1.06. The van der Waals surface area contributed by atoms with E-state index in [1.54, 1.807) is 0 Å². The van der Waals surface area contributed by atoms with E-state index in [9.17, 15) is 0 Å². The second-order valence-corrected chi connectivity index (χ2v) is 3.60. The number of imidazole rings is 1. The van der Waals surface area contributed by atoms with Crippen molar-refractivity contribution in [2.75, 3.05) is 6.54 Å². The first-order valence-electron chi connectivity index (χ1n) is 4.95. The molecule has 0 unspecified atom stereocenters. The molecule has 1 aromatic carbocycles. The summed E-state index contributed by atoms with van der Waals surface area (Å²) in [6.45, 7) is 2.80. The Bertz CT molecular complexity index is 436. The van der Waals surface area contributed by atoms with Crippen LogP contribution in [0.3, 0.4) is 0 Å². The SMILES string of the molecule is Cc1ccc2nc(CCCN)[nH]c2c1.Cl. The molecule has 0 bridgehead atoms. The van der Waals surface area contributed by atoms with Crippen molar-refractivity contribution < 1.29 is 0 Å². The Balaban J connectivity index is 0.00000112. The van der Waals surface area contributed by atoms with E-state index < -0.39 is 0 Å². The van der Waals surface area contributed by atoms with Crippen LogP contribution in [0.1, 0.15) is 17.8 Å². The second kappa shape index (κ2) is 5.14. The van der Waals surface area contributed by atoms with Gasteiger partial charge in [-0.2, -0.15) is 0 Å². The van der Waals surface area contributed by atoms with Crippen LogP contribution in [-0.4, -0.2) is 16.5 Å². The van der Waals surface area contributed by atoms with Crippen LogP contribution in [-0.2, 0) is 6.42 Å². The molecular formula is C11H16ClN3. The van der Waals surface area contributed by atoms with Gasteiger partial charge in [0, 0.05) is 6.42 Å². The van der Waals surface area contributed by atoms with E-state index in [4.69, 9.17) is 5.73 Å². The first kappa shape index (κ1) is 12.0. The van der Waals surface area contributed by atoms with Crippen molar-refractivity contribution >= 4 is 23.4 Å². The molecule has 3 N–H and O–H groups in total. The number of aromatic amines is 1. The van der Waals surface area contributed by atoms with Crippen LogP contribution < -0.4 is 5.73 Å². The highest BCUT2D eigenvalue weighted by Gasteiger charge is 2.01. The molecule has 0 atom stereocenters. The van der Waals surface area contributed by atoms with E-state index in [2.05, 4.69) is 29.0 Å². The largest absolute Gasteiger partial charge is 0.342 e. The number of nitrogens with one attached hydrogen (secondary N) is 1. The van der Waals surface area contributed by atoms with Gasteiger partial charge in [-0.3, -0.25) is 0 Å². The number of hydrogen-bond donors (Lipinski definition) is 2. The number of rotatable bonds is 3. The summed E-state index contributed by atoms with van der Waals surface area (Å²) in [5, 5.41) is 0. The molecule has 0 aliphatic carbocycles. The lowest BCUT2D eigenvalue weighted by atomic mass is 10.2. The molecule has 0 aliphatic rings. The van der Waals surface area contributed by atoms with Crippen LogP contribution in [0.15, 0.2) is 18.2 Å². The smallest absolute Gasteiger partial charge is 0.107 e. The minimum atomic E-state index is 0. The van der Waals surface area contributed by atoms with Gasteiger partial charge in [-0.05, 0) is 37.6 Å². The van der Waals surface area contributed by atoms with Gasteiger partial charge in [-0.15, -0.1) is 12.4 Å². The third kappa shape index (κ3) is 2.70. The molecule has 0 saturated heterocycles. The quantitative estimate of drug-likeness (QED) is 0.842. The highest BCUT2D eigenvalue weighted by molar-refractivity contribution is 5.85. The molecule has 0 spiro atoms. The zero-order valence-electron chi connectivity index (χ0n) is 8.79. The molecule has 4 heteroatoms. The summed E-state index contributed by atoms with van der Waals surface area (Å²) in [5.41, 5.74) is 8.88. The van der Waals surface area contributed by atoms with Crippen LogP contribution in [0.2, 0.25) is 0 Å². The molecule has 0 aliphatic heterocycles.